The Morgan fingerprint density at radius 3 is 2.67 bits per heavy atom. The van der Waals surface area contributed by atoms with Crippen LogP contribution in [0.3, 0.4) is 0 Å². The first-order chi connectivity index (χ1) is 14.2. The van der Waals surface area contributed by atoms with Crippen molar-refractivity contribution in [3.05, 3.63) is 58.1 Å². The van der Waals surface area contributed by atoms with Gasteiger partial charge in [-0.15, -0.1) is 13.2 Å². The van der Waals surface area contributed by atoms with Gasteiger partial charge in [0.1, 0.15) is 5.75 Å². The third kappa shape index (κ3) is 3.20. The van der Waals surface area contributed by atoms with Gasteiger partial charge >= 0.3 is 12.3 Å². The Bertz CT molecular complexity index is 1030. The highest BCUT2D eigenvalue weighted by Crippen LogP contribution is 2.64. The van der Waals surface area contributed by atoms with Crippen molar-refractivity contribution in [2.75, 3.05) is 5.32 Å². The number of ether oxygens (including phenoxy) is 1. The molecule has 0 aromatic heterocycles. The topological polar surface area (TPSA) is 58.6 Å². The van der Waals surface area contributed by atoms with Crippen molar-refractivity contribution in [3.63, 3.8) is 0 Å². The summed E-state index contributed by atoms with van der Waals surface area (Å²) in [5.41, 5.74) is 2.19. The van der Waals surface area contributed by atoms with Crippen molar-refractivity contribution in [1.29, 1.82) is 0 Å². The van der Waals surface area contributed by atoms with Crippen LogP contribution in [0.4, 0.5) is 18.9 Å². The summed E-state index contributed by atoms with van der Waals surface area (Å²) in [5, 5.41) is 13.5. The van der Waals surface area contributed by atoms with Crippen LogP contribution >= 0.6 is 11.6 Å². The summed E-state index contributed by atoms with van der Waals surface area (Å²) in [6.45, 7) is 0. The van der Waals surface area contributed by atoms with E-state index in [9.17, 15) is 23.1 Å². The number of carbonyl (C=O) groups is 1. The molecule has 0 amide bonds. The molecule has 1 aliphatic heterocycles. The zero-order valence-electron chi connectivity index (χ0n) is 15.7. The highest BCUT2D eigenvalue weighted by Gasteiger charge is 2.54. The monoisotopic (exact) mass is 437 g/mol. The van der Waals surface area contributed by atoms with Crippen molar-refractivity contribution in [2.45, 2.75) is 37.6 Å². The Labute approximate surface area is 176 Å². The van der Waals surface area contributed by atoms with E-state index >= 15 is 0 Å². The van der Waals surface area contributed by atoms with E-state index in [0.717, 1.165) is 24.8 Å². The van der Waals surface area contributed by atoms with Crippen LogP contribution in [0.2, 0.25) is 5.02 Å². The molecule has 0 radical (unpaired) electrons. The molecule has 3 aliphatic rings. The molecule has 2 bridgehead atoms. The maximum Gasteiger partial charge on any atom is 0.573 e. The number of carboxylic acids is 1. The Hall–Kier alpha value is -2.41. The van der Waals surface area contributed by atoms with Crippen molar-refractivity contribution in [1.82, 2.24) is 0 Å². The highest BCUT2D eigenvalue weighted by molar-refractivity contribution is 6.31. The van der Waals surface area contributed by atoms with Crippen LogP contribution < -0.4 is 10.1 Å². The summed E-state index contributed by atoms with van der Waals surface area (Å²) in [4.78, 5) is 11.9. The number of alkyl halides is 3. The maximum atomic E-state index is 12.7. The van der Waals surface area contributed by atoms with E-state index in [1.54, 1.807) is 6.07 Å². The normalized spacial score (nSPS) is 29.1. The second kappa shape index (κ2) is 6.80. The first-order valence-electron chi connectivity index (χ1n) is 9.90. The van der Waals surface area contributed by atoms with Crippen molar-refractivity contribution in [3.8, 4) is 5.75 Å². The summed E-state index contributed by atoms with van der Waals surface area (Å²) < 4.78 is 42.3. The maximum absolute atomic E-state index is 12.7. The molecule has 2 aliphatic carbocycles. The van der Waals surface area contributed by atoms with Gasteiger partial charge in [-0.2, -0.15) is 0 Å². The lowest BCUT2D eigenvalue weighted by molar-refractivity contribution is -0.274. The highest BCUT2D eigenvalue weighted by atomic mass is 35.5. The molecule has 8 heteroatoms. The standard InChI is InChI=1S/C22H19ClF3NO3/c23-13-8-15-17-10-4-5-11(6-10)18(17)19(27-20(15)16(9-13)21(28)29)12-2-1-3-14(7-12)30-22(24,25)26/h1-3,7-11,17-19,27H,4-6H2,(H,28,29)/t10-,11+,17+,18+,19+/m0/s1. The molecule has 2 N–H and O–H groups in total. The summed E-state index contributed by atoms with van der Waals surface area (Å²) in [6, 6.07) is 8.94. The van der Waals surface area contributed by atoms with Gasteiger partial charge in [-0.3, -0.25) is 0 Å². The van der Waals surface area contributed by atoms with Crippen LogP contribution in [0.5, 0.6) is 5.75 Å². The van der Waals surface area contributed by atoms with E-state index in [2.05, 4.69) is 10.1 Å². The second-order valence-corrected chi connectivity index (χ2v) is 8.84. The second-order valence-electron chi connectivity index (χ2n) is 8.40. The SMILES string of the molecule is O=C(O)c1cc(Cl)cc2c1N[C@H](c1cccc(OC(F)(F)F)c1)[C@@H]1[C@@H]3CC[C@@H](C3)[C@H]21. The Morgan fingerprint density at radius 2 is 1.93 bits per heavy atom. The molecule has 2 saturated carbocycles. The number of aromatic carboxylic acids is 1. The minimum atomic E-state index is -4.77. The lowest BCUT2D eigenvalue weighted by Gasteiger charge is -2.44. The van der Waals surface area contributed by atoms with E-state index in [-0.39, 0.29) is 29.2 Å². The molecule has 2 fully saturated rings. The zero-order valence-corrected chi connectivity index (χ0v) is 16.5. The smallest absolute Gasteiger partial charge is 0.478 e. The molecule has 5 atom stereocenters. The van der Waals surface area contributed by atoms with Crippen LogP contribution in [-0.2, 0) is 0 Å². The van der Waals surface area contributed by atoms with Gasteiger partial charge in [-0.05, 0) is 78.3 Å². The lowest BCUT2D eigenvalue weighted by atomic mass is 9.67. The predicted octanol–water partition coefficient (Wildman–Crippen LogP) is 6.23. The predicted molar refractivity (Wildman–Crippen MR) is 105 cm³/mol. The summed E-state index contributed by atoms with van der Waals surface area (Å²) >= 11 is 6.24. The van der Waals surface area contributed by atoms with Gasteiger partial charge in [0.05, 0.1) is 17.3 Å². The molecule has 4 nitrogen and oxygen atoms in total. The third-order valence-electron chi connectivity index (χ3n) is 6.84. The Morgan fingerprint density at radius 1 is 1.17 bits per heavy atom. The molecular formula is C22H19ClF3NO3. The summed E-state index contributed by atoms with van der Waals surface area (Å²) in [5.74, 6) is -0.202. The third-order valence-corrected chi connectivity index (χ3v) is 7.06. The molecule has 0 unspecified atom stereocenters. The lowest BCUT2D eigenvalue weighted by Crippen LogP contribution is -2.36. The van der Waals surface area contributed by atoms with Crippen LogP contribution in [0.15, 0.2) is 36.4 Å². The quantitative estimate of drug-likeness (QED) is 0.597. The fourth-order valence-electron chi connectivity index (χ4n) is 5.96. The summed E-state index contributed by atoms with van der Waals surface area (Å²) in [7, 11) is 0. The zero-order chi connectivity index (χ0) is 21.2. The van der Waals surface area contributed by atoms with E-state index in [1.165, 1.54) is 24.3 Å². The first-order valence-corrected chi connectivity index (χ1v) is 10.3. The molecular weight excluding hydrogens is 419 g/mol. The van der Waals surface area contributed by atoms with E-state index in [0.29, 0.717) is 28.1 Å². The number of anilines is 1. The fourth-order valence-corrected chi connectivity index (χ4v) is 6.19. The van der Waals surface area contributed by atoms with E-state index < -0.39 is 12.3 Å². The van der Waals surface area contributed by atoms with Gasteiger partial charge in [-0.25, -0.2) is 4.79 Å². The molecule has 30 heavy (non-hydrogen) atoms. The van der Waals surface area contributed by atoms with Gasteiger partial charge in [0.2, 0.25) is 0 Å². The van der Waals surface area contributed by atoms with Crippen LogP contribution in [0, 0.1) is 17.8 Å². The number of carboxylic acid groups (broad SMARTS) is 1. The largest absolute Gasteiger partial charge is 0.573 e. The van der Waals surface area contributed by atoms with Gasteiger partial charge < -0.3 is 15.2 Å². The van der Waals surface area contributed by atoms with Crippen molar-refractivity contribution >= 4 is 23.3 Å². The molecule has 158 valence electrons. The van der Waals surface area contributed by atoms with Gasteiger partial charge in [0, 0.05) is 5.02 Å². The molecule has 2 aromatic rings. The summed E-state index contributed by atoms with van der Waals surface area (Å²) in [6.07, 6.45) is -1.58. The van der Waals surface area contributed by atoms with E-state index in [1.807, 2.05) is 6.07 Å². The Balaban J connectivity index is 1.62. The molecule has 0 saturated heterocycles. The van der Waals surface area contributed by atoms with Gasteiger partial charge in [0.15, 0.2) is 0 Å². The number of fused-ring (bicyclic) bond motifs is 7. The van der Waals surface area contributed by atoms with Crippen molar-refractivity contribution < 1.29 is 27.8 Å². The van der Waals surface area contributed by atoms with Crippen LogP contribution in [0.1, 0.15) is 52.7 Å². The minimum Gasteiger partial charge on any atom is -0.478 e. The van der Waals surface area contributed by atoms with Crippen LogP contribution in [-0.4, -0.2) is 17.4 Å². The van der Waals surface area contributed by atoms with Gasteiger partial charge in [-0.1, -0.05) is 23.7 Å². The number of rotatable bonds is 3. The number of hydrogen-bond donors (Lipinski definition) is 2. The van der Waals surface area contributed by atoms with E-state index in [4.69, 9.17) is 11.6 Å². The van der Waals surface area contributed by atoms with Gasteiger partial charge in [0.25, 0.3) is 0 Å². The van der Waals surface area contributed by atoms with Crippen LogP contribution in [0.25, 0.3) is 0 Å². The molecule has 5 rings (SSSR count). The molecule has 1 heterocycles. The number of halogens is 4. The first kappa shape index (κ1) is 19.5. The fraction of sp³-hybridized carbons (Fsp3) is 0.409. The minimum absolute atomic E-state index is 0.0893. The number of nitrogens with one attached hydrogen (secondary N) is 1. The number of benzene rings is 2. The molecule has 2 aromatic carbocycles. The average Bonchev–Trinajstić information content (AvgIpc) is 3.28. The van der Waals surface area contributed by atoms with Crippen molar-refractivity contribution in [2.24, 2.45) is 17.8 Å². The number of hydrogen-bond acceptors (Lipinski definition) is 3. The average molecular weight is 438 g/mol. The Kier molecular flexibility index (Phi) is 4.43. The molecule has 0 spiro atoms.